The average Bonchev–Trinajstić information content (AvgIpc) is 2.10. The Kier molecular flexibility index (Phi) is 5.39. The lowest BCUT2D eigenvalue weighted by molar-refractivity contribution is 1.40. The van der Waals surface area contributed by atoms with Crippen LogP contribution in [0.1, 0.15) is 11.1 Å². The van der Waals surface area contributed by atoms with Gasteiger partial charge in [-0.05, 0) is 37.5 Å². The molecular weight excluding hydrogens is 180 g/mol. The van der Waals surface area contributed by atoms with E-state index in [1.807, 2.05) is 38.5 Å². The molecule has 0 saturated carbocycles. The van der Waals surface area contributed by atoms with E-state index in [-0.39, 0.29) is 0 Å². The van der Waals surface area contributed by atoms with Crippen LogP contribution >= 0.6 is 11.8 Å². The minimum absolute atomic E-state index is 0.708. The predicted octanol–water partition coefficient (Wildman–Crippen LogP) is 2.45. The molecule has 0 fully saturated rings. The standard InChI is InChI=1S/C8H12N2.C2H6S/c1-5-3-4-6(2)8(10)7(5)9;1-3-2/h3-4H,9-10H2,1-2H3;1-2H3. The van der Waals surface area contributed by atoms with Crippen molar-refractivity contribution in [2.75, 3.05) is 24.0 Å². The van der Waals surface area contributed by atoms with Gasteiger partial charge in [0.25, 0.3) is 0 Å². The van der Waals surface area contributed by atoms with Gasteiger partial charge in [-0.3, -0.25) is 0 Å². The zero-order valence-corrected chi connectivity index (χ0v) is 9.53. The molecule has 0 aliphatic heterocycles. The van der Waals surface area contributed by atoms with Crippen LogP contribution in [0.15, 0.2) is 12.1 Å². The number of nitrogen functional groups attached to an aromatic ring is 2. The van der Waals surface area contributed by atoms with E-state index in [1.165, 1.54) is 0 Å². The Morgan fingerprint density at radius 1 is 0.923 bits per heavy atom. The molecule has 3 heteroatoms. The molecule has 1 aromatic rings. The largest absolute Gasteiger partial charge is 0.397 e. The lowest BCUT2D eigenvalue weighted by atomic mass is 10.1. The third-order valence-electron chi connectivity index (χ3n) is 1.72. The van der Waals surface area contributed by atoms with Crippen LogP contribution in [-0.4, -0.2) is 12.5 Å². The smallest absolute Gasteiger partial charge is 0.0580 e. The maximum Gasteiger partial charge on any atom is 0.0580 e. The van der Waals surface area contributed by atoms with Gasteiger partial charge in [0.15, 0.2) is 0 Å². The Hall–Kier alpha value is -0.830. The Morgan fingerprint density at radius 2 is 1.15 bits per heavy atom. The molecule has 74 valence electrons. The van der Waals surface area contributed by atoms with E-state index in [9.17, 15) is 0 Å². The van der Waals surface area contributed by atoms with Crippen LogP contribution in [0.5, 0.6) is 0 Å². The monoisotopic (exact) mass is 198 g/mol. The van der Waals surface area contributed by atoms with Gasteiger partial charge in [0, 0.05) is 0 Å². The van der Waals surface area contributed by atoms with Crippen molar-refractivity contribution in [2.24, 2.45) is 0 Å². The fourth-order valence-corrected chi connectivity index (χ4v) is 0.854. The van der Waals surface area contributed by atoms with E-state index in [2.05, 4.69) is 0 Å². The summed E-state index contributed by atoms with van der Waals surface area (Å²) in [6.45, 7) is 3.90. The molecule has 1 aromatic carbocycles. The number of benzene rings is 1. The molecule has 0 radical (unpaired) electrons. The Bertz CT molecular complexity index is 245. The normalized spacial score (nSPS) is 8.92. The van der Waals surface area contributed by atoms with Gasteiger partial charge in [0.05, 0.1) is 11.4 Å². The van der Waals surface area contributed by atoms with Crippen molar-refractivity contribution in [1.82, 2.24) is 0 Å². The summed E-state index contributed by atoms with van der Waals surface area (Å²) in [6, 6.07) is 3.95. The van der Waals surface area contributed by atoms with Gasteiger partial charge in [-0.1, -0.05) is 12.1 Å². The number of aryl methyl sites for hydroxylation is 2. The van der Waals surface area contributed by atoms with E-state index < -0.39 is 0 Å². The molecule has 0 bridgehead atoms. The van der Waals surface area contributed by atoms with Crippen LogP contribution < -0.4 is 11.5 Å². The minimum atomic E-state index is 0.708. The number of anilines is 2. The molecule has 2 nitrogen and oxygen atoms in total. The molecular formula is C10H18N2S. The SMILES string of the molecule is CSC.Cc1ccc(C)c(N)c1N. The van der Waals surface area contributed by atoms with E-state index >= 15 is 0 Å². The van der Waals surface area contributed by atoms with Crippen LogP contribution in [0.2, 0.25) is 0 Å². The molecule has 1 rings (SSSR count). The third kappa shape index (κ3) is 3.59. The molecule has 0 saturated heterocycles. The highest BCUT2D eigenvalue weighted by Gasteiger charge is 1.99. The van der Waals surface area contributed by atoms with E-state index in [1.54, 1.807) is 11.8 Å². The maximum atomic E-state index is 5.66. The van der Waals surface area contributed by atoms with Gasteiger partial charge in [0.2, 0.25) is 0 Å². The molecule has 0 heterocycles. The summed E-state index contributed by atoms with van der Waals surface area (Å²) >= 11 is 1.75. The van der Waals surface area contributed by atoms with Gasteiger partial charge in [-0.2, -0.15) is 11.8 Å². The highest BCUT2D eigenvalue weighted by molar-refractivity contribution is 7.97. The van der Waals surface area contributed by atoms with Crippen molar-refractivity contribution >= 4 is 23.1 Å². The summed E-state index contributed by atoms with van der Waals surface area (Å²) in [5.41, 5.74) is 14.8. The lowest BCUT2D eigenvalue weighted by Gasteiger charge is -2.05. The molecule has 0 amide bonds. The van der Waals surface area contributed by atoms with Crippen LogP contribution in [0, 0.1) is 13.8 Å². The van der Waals surface area contributed by atoms with Crippen molar-refractivity contribution in [3.8, 4) is 0 Å². The first kappa shape index (κ1) is 12.2. The van der Waals surface area contributed by atoms with Gasteiger partial charge >= 0.3 is 0 Å². The van der Waals surface area contributed by atoms with Crippen molar-refractivity contribution in [2.45, 2.75) is 13.8 Å². The molecule has 0 spiro atoms. The quantitative estimate of drug-likeness (QED) is 0.630. The number of thioether (sulfide) groups is 1. The van der Waals surface area contributed by atoms with E-state index in [0.29, 0.717) is 11.4 Å². The van der Waals surface area contributed by atoms with E-state index in [4.69, 9.17) is 11.5 Å². The van der Waals surface area contributed by atoms with Gasteiger partial charge in [-0.15, -0.1) is 0 Å². The van der Waals surface area contributed by atoms with Gasteiger partial charge < -0.3 is 11.5 Å². The van der Waals surface area contributed by atoms with Crippen LogP contribution in [0.3, 0.4) is 0 Å². The van der Waals surface area contributed by atoms with Crippen molar-refractivity contribution in [1.29, 1.82) is 0 Å². The maximum absolute atomic E-state index is 5.66. The highest BCUT2D eigenvalue weighted by Crippen LogP contribution is 2.22. The topological polar surface area (TPSA) is 52.0 Å². The summed E-state index contributed by atoms with van der Waals surface area (Å²) in [5.74, 6) is 0. The first-order valence-electron chi connectivity index (χ1n) is 4.05. The number of hydrogen-bond acceptors (Lipinski definition) is 3. The van der Waals surface area contributed by atoms with E-state index in [0.717, 1.165) is 11.1 Å². The second kappa shape index (κ2) is 5.75. The fraction of sp³-hybridized carbons (Fsp3) is 0.400. The van der Waals surface area contributed by atoms with Gasteiger partial charge in [-0.25, -0.2) is 0 Å². The first-order chi connectivity index (χ1) is 6.04. The third-order valence-corrected chi connectivity index (χ3v) is 1.72. The zero-order valence-electron chi connectivity index (χ0n) is 8.72. The molecule has 0 atom stereocenters. The summed E-state index contributed by atoms with van der Waals surface area (Å²) in [4.78, 5) is 0. The second-order valence-electron chi connectivity index (χ2n) is 2.93. The summed E-state index contributed by atoms with van der Waals surface area (Å²) in [7, 11) is 0. The van der Waals surface area contributed by atoms with Crippen molar-refractivity contribution < 1.29 is 0 Å². The van der Waals surface area contributed by atoms with Crippen LogP contribution in [-0.2, 0) is 0 Å². The first-order valence-corrected chi connectivity index (χ1v) is 5.69. The fourth-order valence-electron chi connectivity index (χ4n) is 0.854. The number of nitrogens with two attached hydrogens (primary N) is 2. The number of hydrogen-bond donors (Lipinski definition) is 2. The molecule has 4 N–H and O–H groups in total. The summed E-state index contributed by atoms with van der Waals surface area (Å²) < 4.78 is 0. The van der Waals surface area contributed by atoms with Crippen molar-refractivity contribution in [3.63, 3.8) is 0 Å². The molecule has 13 heavy (non-hydrogen) atoms. The van der Waals surface area contributed by atoms with Crippen molar-refractivity contribution in [3.05, 3.63) is 23.3 Å². The predicted molar refractivity (Wildman–Crippen MR) is 64.2 cm³/mol. The minimum Gasteiger partial charge on any atom is -0.397 e. The summed E-state index contributed by atoms with van der Waals surface area (Å²) in [6.07, 6.45) is 4.08. The van der Waals surface area contributed by atoms with Gasteiger partial charge in [0.1, 0.15) is 0 Å². The summed E-state index contributed by atoms with van der Waals surface area (Å²) in [5, 5.41) is 0. The number of rotatable bonds is 0. The molecule has 0 unspecified atom stereocenters. The van der Waals surface area contributed by atoms with Crippen LogP contribution in [0.25, 0.3) is 0 Å². The highest BCUT2D eigenvalue weighted by atomic mass is 32.2. The van der Waals surface area contributed by atoms with Crippen LogP contribution in [0.4, 0.5) is 11.4 Å². The Morgan fingerprint density at radius 3 is 1.38 bits per heavy atom. The second-order valence-corrected chi connectivity index (χ2v) is 3.75. The Balaban J connectivity index is 0.000000424. The Labute approximate surface area is 84.7 Å². The molecule has 0 aromatic heterocycles. The zero-order chi connectivity index (χ0) is 10.4. The average molecular weight is 198 g/mol. The molecule has 0 aliphatic carbocycles. The molecule has 0 aliphatic rings. The lowest BCUT2D eigenvalue weighted by Crippen LogP contribution is -1.98.